The fraction of sp³-hybridized carbons (Fsp3) is 0.368. The quantitative estimate of drug-likeness (QED) is 0.697. The summed E-state index contributed by atoms with van der Waals surface area (Å²) >= 11 is 3.13. The van der Waals surface area contributed by atoms with Crippen molar-refractivity contribution in [2.45, 2.75) is 30.8 Å². The fourth-order valence-electron chi connectivity index (χ4n) is 3.43. The molecule has 0 amide bonds. The number of hydrogen-bond donors (Lipinski definition) is 2. The second-order valence-electron chi connectivity index (χ2n) is 6.94. The van der Waals surface area contributed by atoms with Gasteiger partial charge in [-0.25, -0.2) is 12.8 Å². The minimum absolute atomic E-state index is 0.283. The van der Waals surface area contributed by atoms with Gasteiger partial charge < -0.3 is 15.0 Å². The summed E-state index contributed by atoms with van der Waals surface area (Å²) in [6, 6.07) is 9.44. The molecule has 28 heavy (non-hydrogen) atoms. The zero-order valence-electron chi connectivity index (χ0n) is 15.9. The Hall–Kier alpha value is -1.84. The minimum Gasteiger partial charge on any atom is -0.495 e. The summed E-state index contributed by atoms with van der Waals surface area (Å²) < 4.78 is 47.9. The lowest BCUT2D eigenvalue weighted by molar-refractivity contribution is 0.391. The van der Waals surface area contributed by atoms with E-state index in [-0.39, 0.29) is 12.1 Å². The first-order valence-corrected chi connectivity index (χ1v) is 11.1. The Bertz CT molecular complexity index is 961. The standard InChI is InChI=1S/C19H23BrFN3O3S/c1-12-10-24(11-13(2)22-12)17-9-15(5-6-18(17)27-3)23-28(25,26)19-7-4-14(20)8-16(19)21/h4-9,12-13,22-23H,10-11H2,1-3H3. The number of rotatable bonds is 5. The second-order valence-corrected chi connectivity index (χ2v) is 9.51. The second kappa shape index (κ2) is 8.26. The van der Waals surface area contributed by atoms with E-state index in [1.54, 1.807) is 25.3 Å². The fourth-order valence-corrected chi connectivity index (χ4v) is 4.87. The molecule has 2 unspecified atom stereocenters. The van der Waals surface area contributed by atoms with Crippen LogP contribution in [0.4, 0.5) is 15.8 Å². The summed E-state index contributed by atoms with van der Waals surface area (Å²) in [5.41, 5.74) is 1.14. The van der Waals surface area contributed by atoms with E-state index >= 15 is 0 Å². The number of anilines is 2. The van der Waals surface area contributed by atoms with Crippen LogP contribution >= 0.6 is 15.9 Å². The molecule has 1 saturated heterocycles. The molecular formula is C19H23BrFN3O3S. The van der Waals surface area contributed by atoms with Gasteiger partial charge in [-0.15, -0.1) is 0 Å². The molecule has 0 aliphatic carbocycles. The SMILES string of the molecule is COc1ccc(NS(=O)(=O)c2ccc(Br)cc2F)cc1N1CC(C)NC(C)C1. The lowest BCUT2D eigenvalue weighted by Gasteiger charge is -2.38. The number of sulfonamides is 1. The predicted molar refractivity (Wildman–Crippen MR) is 112 cm³/mol. The van der Waals surface area contributed by atoms with E-state index in [1.165, 1.54) is 12.1 Å². The Labute approximate surface area is 173 Å². The zero-order valence-corrected chi connectivity index (χ0v) is 18.3. The highest BCUT2D eigenvalue weighted by molar-refractivity contribution is 9.10. The van der Waals surface area contributed by atoms with Crippen LogP contribution in [0.2, 0.25) is 0 Å². The van der Waals surface area contributed by atoms with E-state index in [9.17, 15) is 12.8 Å². The first kappa shape index (κ1) is 20.9. The number of benzene rings is 2. The van der Waals surface area contributed by atoms with Gasteiger partial charge in [-0.05, 0) is 50.2 Å². The summed E-state index contributed by atoms with van der Waals surface area (Å²) in [6.07, 6.45) is 0. The molecule has 1 aliphatic rings. The van der Waals surface area contributed by atoms with Crippen LogP contribution in [0, 0.1) is 5.82 Å². The first-order chi connectivity index (χ1) is 13.2. The number of piperazine rings is 1. The maximum Gasteiger partial charge on any atom is 0.264 e. The molecule has 152 valence electrons. The summed E-state index contributed by atoms with van der Waals surface area (Å²) in [4.78, 5) is 1.75. The average molecular weight is 472 g/mol. The Morgan fingerprint density at radius 1 is 1.18 bits per heavy atom. The lowest BCUT2D eigenvalue weighted by atomic mass is 10.1. The molecule has 9 heteroatoms. The van der Waals surface area contributed by atoms with E-state index in [4.69, 9.17) is 4.74 Å². The van der Waals surface area contributed by atoms with E-state index in [0.29, 0.717) is 15.9 Å². The molecule has 0 spiro atoms. The van der Waals surface area contributed by atoms with Gasteiger partial charge in [0.2, 0.25) is 0 Å². The van der Waals surface area contributed by atoms with Gasteiger partial charge in [-0.1, -0.05) is 15.9 Å². The van der Waals surface area contributed by atoms with Gasteiger partial charge in [0.15, 0.2) is 0 Å². The Kier molecular flexibility index (Phi) is 6.16. The molecule has 1 heterocycles. The van der Waals surface area contributed by atoms with Gasteiger partial charge in [0, 0.05) is 29.6 Å². The molecule has 2 N–H and O–H groups in total. The third-order valence-electron chi connectivity index (χ3n) is 4.51. The lowest BCUT2D eigenvalue weighted by Crippen LogP contribution is -2.54. The zero-order chi connectivity index (χ0) is 20.5. The topological polar surface area (TPSA) is 70.7 Å². The van der Waals surface area contributed by atoms with Gasteiger partial charge in [0.1, 0.15) is 16.5 Å². The van der Waals surface area contributed by atoms with Crippen LogP contribution in [0.3, 0.4) is 0 Å². The van der Waals surface area contributed by atoms with E-state index in [2.05, 4.69) is 44.7 Å². The maximum atomic E-state index is 14.1. The molecule has 6 nitrogen and oxygen atoms in total. The molecule has 1 fully saturated rings. The van der Waals surface area contributed by atoms with Crippen molar-refractivity contribution >= 4 is 37.3 Å². The summed E-state index contributed by atoms with van der Waals surface area (Å²) in [5.74, 6) is -0.167. The monoisotopic (exact) mass is 471 g/mol. The largest absolute Gasteiger partial charge is 0.495 e. The van der Waals surface area contributed by atoms with Crippen molar-refractivity contribution in [1.29, 1.82) is 0 Å². The molecule has 3 rings (SSSR count). The van der Waals surface area contributed by atoms with Crippen LogP contribution in [0.1, 0.15) is 13.8 Å². The third kappa shape index (κ3) is 4.59. The summed E-state index contributed by atoms with van der Waals surface area (Å²) in [5, 5.41) is 3.46. The van der Waals surface area contributed by atoms with E-state index < -0.39 is 20.7 Å². The van der Waals surface area contributed by atoms with E-state index in [0.717, 1.165) is 24.8 Å². The normalized spacial score (nSPS) is 20.1. The van der Waals surface area contributed by atoms with E-state index in [1.807, 2.05) is 0 Å². The van der Waals surface area contributed by atoms with Crippen molar-refractivity contribution in [3.63, 3.8) is 0 Å². The van der Waals surface area contributed by atoms with Gasteiger partial charge in [0.05, 0.1) is 18.5 Å². The minimum atomic E-state index is -4.07. The van der Waals surface area contributed by atoms with Crippen LogP contribution in [0.25, 0.3) is 0 Å². The Morgan fingerprint density at radius 2 is 1.86 bits per heavy atom. The average Bonchev–Trinajstić information content (AvgIpc) is 2.60. The maximum absolute atomic E-state index is 14.1. The molecule has 1 aliphatic heterocycles. The Morgan fingerprint density at radius 3 is 2.46 bits per heavy atom. The number of halogens is 2. The van der Waals surface area contributed by atoms with Crippen molar-refractivity contribution < 1.29 is 17.5 Å². The molecule has 0 bridgehead atoms. The van der Waals surface area contributed by atoms with Crippen LogP contribution in [-0.2, 0) is 10.0 Å². The highest BCUT2D eigenvalue weighted by atomic mass is 79.9. The van der Waals surface area contributed by atoms with Crippen LogP contribution in [0.15, 0.2) is 45.8 Å². The molecular weight excluding hydrogens is 449 g/mol. The highest BCUT2D eigenvalue weighted by Crippen LogP contribution is 2.33. The molecule has 0 radical (unpaired) electrons. The predicted octanol–water partition coefficient (Wildman–Crippen LogP) is 3.58. The number of nitrogens with one attached hydrogen (secondary N) is 2. The van der Waals surface area contributed by atoms with Crippen LogP contribution < -0.4 is 19.7 Å². The van der Waals surface area contributed by atoms with Crippen molar-refractivity contribution in [2.24, 2.45) is 0 Å². The van der Waals surface area contributed by atoms with Crippen molar-refractivity contribution in [3.05, 3.63) is 46.7 Å². The van der Waals surface area contributed by atoms with Crippen molar-refractivity contribution in [3.8, 4) is 5.75 Å². The van der Waals surface area contributed by atoms with Crippen LogP contribution in [-0.4, -0.2) is 40.7 Å². The Balaban J connectivity index is 1.93. The molecule has 2 atom stereocenters. The first-order valence-electron chi connectivity index (χ1n) is 8.86. The molecule has 0 aromatic heterocycles. The summed E-state index contributed by atoms with van der Waals surface area (Å²) in [6.45, 7) is 5.71. The van der Waals surface area contributed by atoms with Crippen LogP contribution in [0.5, 0.6) is 5.75 Å². The third-order valence-corrected chi connectivity index (χ3v) is 6.42. The molecule has 0 saturated carbocycles. The smallest absolute Gasteiger partial charge is 0.264 e. The van der Waals surface area contributed by atoms with Gasteiger partial charge in [-0.2, -0.15) is 0 Å². The van der Waals surface area contributed by atoms with Gasteiger partial charge >= 0.3 is 0 Å². The number of methoxy groups -OCH3 is 1. The summed E-state index contributed by atoms with van der Waals surface area (Å²) in [7, 11) is -2.49. The van der Waals surface area contributed by atoms with Crippen molar-refractivity contribution in [1.82, 2.24) is 5.32 Å². The van der Waals surface area contributed by atoms with Gasteiger partial charge in [0.25, 0.3) is 10.0 Å². The molecule has 2 aromatic rings. The highest BCUT2D eigenvalue weighted by Gasteiger charge is 2.25. The molecule has 2 aromatic carbocycles. The van der Waals surface area contributed by atoms with Crippen molar-refractivity contribution in [2.75, 3.05) is 29.8 Å². The number of ether oxygens (including phenoxy) is 1. The number of hydrogen-bond acceptors (Lipinski definition) is 5. The number of nitrogens with zero attached hydrogens (tertiary/aromatic N) is 1. The van der Waals surface area contributed by atoms with Gasteiger partial charge in [-0.3, -0.25) is 4.72 Å².